The molecule has 0 aromatic carbocycles. The number of carboxylic acids is 2. The summed E-state index contributed by atoms with van der Waals surface area (Å²) in [5.41, 5.74) is -3.14. The predicted octanol–water partition coefficient (Wildman–Crippen LogP) is 5.46. The lowest BCUT2D eigenvalue weighted by atomic mass is 10.00. The van der Waals surface area contributed by atoms with Gasteiger partial charge in [-0.1, -0.05) is 6.92 Å². The summed E-state index contributed by atoms with van der Waals surface area (Å²) in [6.45, 7) is 15.3. The molecular formula is C19H35F3O6Si3. The van der Waals surface area contributed by atoms with Crippen LogP contribution in [0.5, 0.6) is 0 Å². The normalized spacial score (nSPS) is 25.5. The van der Waals surface area contributed by atoms with Crippen LogP contribution in [0.3, 0.4) is 0 Å². The fourth-order valence-electron chi connectivity index (χ4n) is 4.74. The van der Waals surface area contributed by atoms with Gasteiger partial charge in [-0.25, -0.2) is 9.59 Å². The summed E-state index contributed by atoms with van der Waals surface area (Å²) in [7, 11) is -8.22. The van der Waals surface area contributed by atoms with Gasteiger partial charge in [-0.2, -0.15) is 13.2 Å². The van der Waals surface area contributed by atoms with E-state index in [1.807, 2.05) is 46.6 Å². The highest BCUT2D eigenvalue weighted by molar-refractivity contribution is 7.38. The first-order valence-corrected chi connectivity index (χ1v) is 19.9. The van der Waals surface area contributed by atoms with E-state index in [1.54, 1.807) is 6.92 Å². The zero-order valence-corrected chi connectivity index (χ0v) is 22.6. The van der Waals surface area contributed by atoms with Crippen molar-refractivity contribution in [2.45, 2.75) is 96.1 Å². The van der Waals surface area contributed by atoms with Crippen LogP contribution in [0.4, 0.5) is 13.2 Å². The molecule has 0 amide bonds. The van der Waals surface area contributed by atoms with Crippen LogP contribution in [0.15, 0.2) is 11.1 Å². The van der Waals surface area contributed by atoms with Crippen LogP contribution in [-0.4, -0.2) is 57.9 Å². The molecule has 2 unspecified atom stereocenters. The molecule has 0 saturated carbocycles. The van der Waals surface area contributed by atoms with E-state index in [0.717, 1.165) is 0 Å². The van der Waals surface area contributed by atoms with Gasteiger partial charge in [0.1, 0.15) is 0 Å². The fourth-order valence-corrected chi connectivity index (χ4v) is 29.0. The van der Waals surface area contributed by atoms with Gasteiger partial charge < -0.3 is 18.8 Å². The molecule has 180 valence electrons. The van der Waals surface area contributed by atoms with Crippen molar-refractivity contribution < 1.29 is 41.5 Å². The molecule has 2 atom stereocenters. The molecule has 0 aromatic heterocycles. The van der Waals surface area contributed by atoms with Crippen LogP contribution < -0.4 is 0 Å². The van der Waals surface area contributed by atoms with Gasteiger partial charge >= 0.3 is 18.1 Å². The van der Waals surface area contributed by atoms with Crippen LogP contribution in [-0.2, 0) is 18.1 Å². The summed E-state index contributed by atoms with van der Waals surface area (Å²) in [6, 6.07) is 0.525. The van der Waals surface area contributed by atoms with E-state index >= 15 is 0 Å². The van der Waals surface area contributed by atoms with E-state index in [1.165, 1.54) is 0 Å². The van der Waals surface area contributed by atoms with E-state index in [2.05, 4.69) is 0 Å². The van der Waals surface area contributed by atoms with Crippen molar-refractivity contribution in [1.82, 2.24) is 0 Å². The summed E-state index contributed by atoms with van der Waals surface area (Å²) in [6.07, 6.45) is -5.90. The van der Waals surface area contributed by atoms with E-state index in [9.17, 15) is 33.0 Å². The second kappa shape index (κ2) is 9.12. The lowest BCUT2D eigenvalue weighted by molar-refractivity contribution is -0.144. The Morgan fingerprint density at radius 2 is 1.68 bits per heavy atom. The van der Waals surface area contributed by atoms with Crippen LogP contribution in [0, 0.1) is 0 Å². The van der Waals surface area contributed by atoms with Crippen LogP contribution in [0.1, 0.15) is 40.0 Å². The molecule has 1 heterocycles. The predicted molar refractivity (Wildman–Crippen MR) is 119 cm³/mol. The first-order chi connectivity index (χ1) is 13.7. The third-order valence-corrected chi connectivity index (χ3v) is 24.6. The van der Waals surface area contributed by atoms with E-state index in [4.69, 9.17) is 8.54 Å². The Kier molecular flexibility index (Phi) is 8.26. The Labute approximate surface area is 185 Å². The largest absolute Gasteiger partial charge is 0.478 e. The van der Waals surface area contributed by atoms with Crippen molar-refractivity contribution in [2.24, 2.45) is 0 Å². The molecule has 1 aliphatic heterocycles. The summed E-state index contributed by atoms with van der Waals surface area (Å²) in [5, 5.41) is 19.5. The van der Waals surface area contributed by atoms with Gasteiger partial charge in [-0.3, -0.25) is 0 Å². The minimum Gasteiger partial charge on any atom is -0.478 e. The lowest BCUT2D eigenvalue weighted by Crippen LogP contribution is -2.73. The van der Waals surface area contributed by atoms with Crippen LogP contribution in [0.25, 0.3) is 0 Å². The number of rotatable bonds is 8. The Morgan fingerprint density at radius 3 is 2.00 bits per heavy atom. The third kappa shape index (κ3) is 6.76. The first-order valence-electron chi connectivity index (χ1n) is 10.3. The minimum atomic E-state index is -4.85. The Morgan fingerprint density at radius 1 is 1.16 bits per heavy atom. The van der Waals surface area contributed by atoms with Gasteiger partial charge in [-0.15, -0.1) is 0 Å². The van der Waals surface area contributed by atoms with Gasteiger partial charge in [0.05, 0.1) is 23.2 Å². The quantitative estimate of drug-likeness (QED) is 0.339. The number of carboxylic acid groups (broad SMARTS) is 2. The summed E-state index contributed by atoms with van der Waals surface area (Å²) < 4.78 is 52.9. The molecule has 2 N–H and O–H groups in total. The van der Waals surface area contributed by atoms with Crippen molar-refractivity contribution in [3.05, 3.63) is 11.1 Å². The van der Waals surface area contributed by atoms with Crippen molar-refractivity contribution in [3.8, 4) is 0 Å². The van der Waals surface area contributed by atoms with Crippen molar-refractivity contribution in [3.63, 3.8) is 0 Å². The number of alkyl halides is 3. The van der Waals surface area contributed by atoms with Crippen molar-refractivity contribution >= 4 is 35.9 Å². The van der Waals surface area contributed by atoms with Crippen molar-refractivity contribution in [1.29, 1.82) is 0 Å². The zero-order chi connectivity index (χ0) is 24.6. The first kappa shape index (κ1) is 28.1. The average Bonchev–Trinajstić information content (AvgIpc) is 2.50. The van der Waals surface area contributed by atoms with Gasteiger partial charge in [0.2, 0.25) is 15.7 Å². The topological polar surface area (TPSA) is 93.1 Å². The molecule has 0 aliphatic carbocycles. The summed E-state index contributed by atoms with van der Waals surface area (Å²) in [5.74, 6) is -3.49. The summed E-state index contributed by atoms with van der Waals surface area (Å²) >= 11 is 0. The highest BCUT2D eigenvalue weighted by atomic mass is 29.3. The van der Waals surface area contributed by atoms with E-state index in [-0.39, 0.29) is 6.42 Å². The molecule has 1 saturated heterocycles. The van der Waals surface area contributed by atoms with Crippen LogP contribution in [0.2, 0.25) is 44.3 Å². The Balaban J connectivity index is 3.90. The smallest absolute Gasteiger partial charge is 0.393 e. The molecule has 0 radical (unpaired) electrons. The fraction of sp³-hybridized carbons (Fsp3) is 0.789. The molecule has 0 bridgehead atoms. The molecule has 1 fully saturated rings. The molecule has 0 aromatic rings. The van der Waals surface area contributed by atoms with Crippen LogP contribution >= 0.6 is 0 Å². The Hall–Kier alpha value is -0.959. The maximum absolute atomic E-state index is 13.2. The highest BCUT2D eigenvalue weighted by Crippen LogP contribution is 2.51. The molecule has 1 aliphatic rings. The lowest BCUT2D eigenvalue weighted by Gasteiger charge is -2.56. The second-order valence-corrected chi connectivity index (χ2v) is 27.6. The van der Waals surface area contributed by atoms with Gasteiger partial charge in [0.15, 0.2) is 8.32 Å². The average molecular weight is 501 g/mol. The molecule has 12 heteroatoms. The minimum absolute atomic E-state index is 0.174. The highest BCUT2D eigenvalue weighted by Gasteiger charge is 2.64. The van der Waals surface area contributed by atoms with Crippen molar-refractivity contribution in [2.75, 3.05) is 0 Å². The zero-order valence-electron chi connectivity index (χ0n) is 19.6. The van der Waals surface area contributed by atoms with E-state index < -0.39 is 70.8 Å². The van der Waals surface area contributed by atoms with E-state index in [0.29, 0.717) is 12.5 Å². The number of hydrogen-bond donors (Lipinski definition) is 2. The molecule has 0 spiro atoms. The molecular weight excluding hydrogens is 465 g/mol. The Bertz CT molecular complexity index is 743. The standard InChI is InChI=1S/C19H35F3O6Si3/c1-9-14(15(17(25)26)13(16(23)24)12-19(20,21)22)31(28-29(4,5)6)11-10-18(2,3)27-30(31,7)8/h14H,9-12H2,1-8H3,(H,23,24)(H,25,26). The summed E-state index contributed by atoms with van der Waals surface area (Å²) in [4.78, 5) is 24.1. The monoisotopic (exact) mass is 500 g/mol. The molecule has 6 nitrogen and oxygen atoms in total. The maximum atomic E-state index is 13.2. The number of carbonyl (C=O) groups is 2. The number of aliphatic carboxylic acids is 2. The van der Waals surface area contributed by atoms with Gasteiger partial charge in [0.25, 0.3) is 0 Å². The SMILES string of the molecule is CCC(C(C(=O)O)=C(CC(F)(F)F)C(=O)O)[Si]1(O[Si](C)(C)C)CCC(C)(C)O[Si]1(C)C. The maximum Gasteiger partial charge on any atom is 0.393 e. The second-order valence-electron chi connectivity index (χ2n) is 10.2. The number of hydrogen-bond acceptors (Lipinski definition) is 4. The number of halogens is 3. The van der Waals surface area contributed by atoms with Gasteiger partial charge in [-0.05, 0) is 65.5 Å². The van der Waals surface area contributed by atoms with Gasteiger partial charge in [0, 0.05) is 5.54 Å². The third-order valence-electron chi connectivity index (χ3n) is 5.65. The molecule has 1 rings (SSSR count). The molecule has 31 heavy (non-hydrogen) atoms.